The summed E-state index contributed by atoms with van der Waals surface area (Å²) >= 11 is 1.70. The third kappa shape index (κ3) is 2.97. The highest BCUT2D eigenvalue weighted by Crippen LogP contribution is 2.22. The largest absolute Gasteiger partial charge is 0.342 e. The number of rotatable bonds is 3. The minimum Gasteiger partial charge on any atom is -0.342 e. The molecule has 4 nitrogen and oxygen atoms in total. The van der Waals surface area contributed by atoms with E-state index in [1.807, 2.05) is 13.8 Å². The van der Waals surface area contributed by atoms with Crippen LogP contribution in [0.15, 0.2) is 12.1 Å². The van der Waals surface area contributed by atoms with Crippen molar-refractivity contribution >= 4 is 23.2 Å². The fourth-order valence-electron chi connectivity index (χ4n) is 2.26. The summed E-state index contributed by atoms with van der Waals surface area (Å²) in [6.07, 6.45) is 0.989. The maximum atomic E-state index is 12.6. The molecule has 0 aromatic carbocycles. The second kappa shape index (κ2) is 5.33. The van der Waals surface area contributed by atoms with Crippen molar-refractivity contribution in [3.8, 4) is 0 Å². The van der Waals surface area contributed by atoms with E-state index >= 15 is 0 Å². The van der Waals surface area contributed by atoms with Gasteiger partial charge in [-0.05, 0) is 32.4 Å². The number of aryl methyl sites for hydroxylation is 1. The zero-order valence-electron chi connectivity index (χ0n) is 11.7. The van der Waals surface area contributed by atoms with Crippen molar-refractivity contribution in [1.29, 1.82) is 0 Å². The van der Waals surface area contributed by atoms with E-state index in [9.17, 15) is 9.59 Å². The summed E-state index contributed by atoms with van der Waals surface area (Å²) in [6, 6.07) is 4.11. The first-order valence-corrected chi connectivity index (χ1v) is 7.42. The molecule has 1 aromatic heterocycles. The quantitative estimate of drug-likeness (QED) is 0.921. The second-order valence-electron chi connectivity index (χ2n) is 5.22. The average Bonchev–Trinajstić information content (AvgIpc) is 2.74. The van der Waals surface area contributed by atoms with Crippen molar-refractivity contribution in [1.82, 2.24) is 10.2 Å². The highest BCUT2D eigenvalue weighted by Gasteiger charge is 2.39. The number of nitrogens with zero attached hydrogens (tertiary/aromatic N) is 1. The fourth-order valence-corrected chi connectivity index (χ4v) is 3.17. The van der Waals surface area contributed by atoms with Gasteiger partial charge >= 0.3 is 0 Å². The first kappa shape index (κ1) is 14.1. The lowest BCUT2D eigenvalue weighted by Crippen LogP contribution is -2.54. The molecule has 1 fully saturated rings. The van der Waals surface area contributed by atoms with Gasteiger partial charge in [0.25, 0.3) is 0 Å². The van der Waals surface area contributed by atoms with Crippen LogP contribution in [0.25, 0.3) is 0 Å². The number of nitrogens with one attached hydrogen (secondary N) is 1. The van der Waals surface area contributed by atoms with Crippen LogP contribution in [-0.2, 0) is 16.1 Å². The maximum Gasteiger partial charge on any atom is 0.248 e. The van der Waals surface area contributed by atoms with Gasteiger partial charge in [-0.15, -0.1) is 11.3 Å². The monoisotopic (exact) mass is 280 g/mol. The lowest BCUT2D eigenvalue weighted by atomic mass is 9.97. The predicted octanol–water partition coefficient (Wildman–Crippen LogP) is 2.07. The standard InChI is InChI=1S/C14H20N2O2S/c1-4-14(3)13(18)16(8-7-12(17)15-14)9-11-6-5-10(2)19-11/h5-6H,4,7-9H2,1-3H3,(H,15,17). The van der Waals surface area contributed by atoms with Gasteiger partial charge in [0.15, 0.2) is 0 Å². The molecule has 1 aliphatic heterocycles. The van der Waals surface area contributed by atoms with E-state index in [0.29, 0.717) is 25.9 Å². The molecular formula is C14H20N2O2S. The van der Waals surface area contributed by atoms with Gasteiger partial charge in [-0.25, -0.2) is 0 Å². The zero-order valence-corrected chi connectivity index (χ0v) is 12.5. The Hall–Kier alpha value is -1.36. The van der Waals surface area contributed by atoms with Crippen molar-refractivity contribution < 1.29 is 9.59 Å². The predicted molar refractivity (Wildman–Crippen MR) is 75.9 cm³/mol. The van der Waals surface area contributed by atoms with Crippen molar-refractivity contribution in [2.24, 2.45) is 0 Å². The van der Waals surface area contributed by atoms with Crippen LogP contribution in [0.1, 0.15) is 36.4 Å². The molecule has 1 saturated heterocycles. The molecule has 0 aliphatic carbocycles. The SMILES string of the molecule is CCC1(C)NC(=O)CCN(Cc2ccc(C)s2)C1=O. The molecule has 5 heteroatoms. The van der Waals surface area contributed by atoms with E-state index in [1.165, 1.54) is 9.75 Å². The summed E-state index contributed by atoms with van der Waals surface area (Å²) in [6.45, 7) is 6.89. The molecule has 2 rings (SSSR count). The van der Waals surface area contributed by atoms with Crippen LogP contribution in [0.5, 0.6) is 0 Å². The number of thiophene rings is 1. The molecular weight excluding hydrogens is 260 g/mol. The molecule has 2 heterocycles. The maximum absolute atomic E-state index is 12.6. The molecule has 0 spiro atoms. The van der Waals surface area contributed by atoms with Gasteiger partial charge in [0.2, 0.25) is 11.8 Å². The summed E-state index contributed by atoms with van der Waals surface area (Å²) < 4.78 is 0. The minimum atomic E-state index is -0.764. The molecule has 0 radical (unpaired) electrons. The molecule has 1 unspecified atom stereocenters. The number of hydrogen-bond acceptors (Lipinski definition) is 3. The topological polar surface area (TPSA) is 49.4 Å². The van der Waals surface area contributed by atoms with Crippen LogP contribution in [0.4, 0.5) is 0 Å². The number of carbonyl (C=O) groups excluding carboxylic acids is 2. The van der Waals surface area contributed by atoms with Gasteiger partial charge in [0.05, 0.1) is 6.54 Å². The Labute approximate surface area is 117 Å². The highest BCUT2D eigenvalue weighted by atomic mass is 32.1. The van der Waals surface area contributed by atoms with E-state index in [0.717, 1.165) is 0 Å². The molecule has 1 aromatic rings. The van der Waals surface area contributed by atoms with Crippen LogP contribution in [-0.4, -0.2) is 28.8 Å². The molecule has 0 saturated carbocycles. The molecule has 1 N–H and O–H groups in total. The Morgan fingerprint density at radius 3 is 2.74 bits per heavy atom. The molecule has 0 bridgehead atoms. The Kier molecular flexibility index (Phi) is 3.94. The van der Waals surface area contributed by atoms with Gasteiger partial charge in [-0.1, -0.05) is 6.92 Å². The van der Waals surface area contributed by atoms with Crippen molar-refractivity contribution in [3.05, 3.63) is 21.9 Å². The Balaban J connectivity index is 2.19. The Bertz CT molecular complexity index is 497. The van der Waals surface area contributed by atoms with Gasteiger partial charge in [0.1, 0.15) is 5.54 Å². The summed E-state index contributed by atoms with van der Waals surface area (Å²) in [5.74, 6) is -0.0190. The summed E-state index contributed by atoms with van der Waals surface area (Å²) in [7, 11) is 0. The third-order valence-electron chi connectivity index (χ3n) is 3.63. The number of carbonyl (C=O) groups is 2. The Morgan fingerprint density at radius 2 is 2.16 bits per heavy atom. The van der Waals surface area contributed by atoms with Crippen molar-refractivity contribution in [2.45, 2.75) is 45.7 Å². The van der Waals surface area contributed by atoms with E-state index < -0.39 is 5.54 Å². The van der Waals surface area contributed by atoms with Gasteiger partial charge < -0.3 is 10.2 Å². The van der Waals surface area contributed by atoms with E-state index in [4.69, 9.17) is 0 Å². The molecule has 2 amide bonds. The van der Waals surface area contributed by atoms with Gasteiger partial charge in [-0.2, -0.15) is 0 Å². The fraction of sp³-hybridized carbons (Fsp3) is 0.571. The summed E-state index contributed by atoms with van der Waals surface area (Å²) in [5.41, 5.74) is -0.764. The van der Waals surface area contributed by atoms with Gasteiger partial charge in [-0.3, -0.25) is 9.59 Å². The van der Waals surface area contributed by atoms with Gasteiger partial charge in [0, 0.05) is 22.7 Å². The van der Waals surface area contributed by atoms with Crippen LogP contribution >= 0.6 is 11.3 Å². The first-order chi connectivity index (χ1) is 8.94. The Morgan fingerprint density at radius 1 is 1.42 bits per heavy atom. The van der Waals surface area contributed by atoms with Crippen LogP contribution in [0, 0.1) is 6.92 Å². The van der Waals surface area contributed by atoms with Crippen molar-refractivity contribution in [2.75, 3.05) is 6.54 Å². The minimum absolute atomic E-state index is 0.0203. The van der Waals surface area contributed by atoms with Crippen LogP contribution in [0.3, 0.4) is 0 Å². The summed E-state index contributed by atoms with van der Waals surface area (Å²) in [4.78, 5) is 28.5. The average molecular weight is 280 g/mol. The number of amides is 2. The molecule has 19 heavy (non-hydrogen) atoms. The molecule has 104 valence electrons. The number of hydrogen-bond donors (Lipinski definition) is 1. The third-order valence-corrected chi connectivity index (χ3v) is 4.62. The van der Waals surface area contributed by atoms with Crippen molar-refractivity contribution in [3.63, 3.8) is 0 Å². The van der Waals surface area contributed by atoms with Crippen LogP contribution < -0.4 is 5.32 Å². The molecule has 1 aliphatic rings. The van der Waals surface area contributed by atoms with E-state index in [-0.39, 0.29) is 11.8 Å². The van der Waals surface area contributed by atoms with E-state index in [1.54, 1.807) is 16.2 Å². The zero-order chi connectivity index (χ0) is 14.0. The van der Waals surface area contributed by atoms with Crippen LogP contribution in [0.2, 0.25) is 0 Å². The lowest BCUT2D eigenvalue weighted by Gasteiger charge is -2.31. The molecule has 1 atom stereocenters. The van der Waals surface area contributed by atoms with E-state index in [2.05, 4.69) is 24.4 Å². The highest BCUT2D eigenvalue weighted by molar-refractivity contribution is 7.11. The lowest BCUT2D eigenvalue weighted by molar-refractivity contribution is -0.138. The second-order valence-corrected chi connectivity index (χ2v) is 6.60. The first-order valence-electron chi connectivity index (χ1n) is 6.60. The summed E-state index contributed by atoms with van der Waals surface area (Å²) in [5, 5.41) is 2.85. The smallest absolute Gasteiger partial charge is 0.248 e. The normalized spacial score (nSPS) is 24.3.